The first-order valence-electron chi connectivity index (χ1n) is 6.55. The molecule has 1 N–H and O–H groups in total. The molecule has 1 saturated heterocycles. The van der Waals surface area contributed by atoms with Crippen LogP contribution in [0.25, 0.3) is 0 Å². The zero-order chi connectivity index (χ0) is 15.4. The van der Waals surface area contributed by atoms with Gasteiger partial charge in [0.1, 0.15) is 5.82 Å². The van der Waals surface area contributed by atoms with E-state index in [0.717, 1.165) is 12.5 Å². The van der Waals surface area contributed by atoms with E-state index in [4.69, 9.17) is 21.1 Å². The number of anilines is 1. The van der Waals surface area contributed by atoms with Gasteiger partial charge in [-0.25, -0.2) is 9.18 Å². The third-order valence-electron chi connectivity index (χ3n) is 3.04. The van der Waals surface area contributed by atoms with E-state index in [1.165, 1.54) is 19.1 Å². The van der Waals surface area contributed by atoms with Gasteiger partial charge in [-0.05, 0) is 38.0 Å². The van der Waals surface area contributed by atoms with Crippen LogP contribution in [-0.4, -0.2) is 30.7 Å². The van der Waals surface area contributed by atoms with E-state index >= 15 is 0 Å². The van der Waals surface area contributed by atoms with Crippen LogP contribution in [0.4, 0.5) is 10.1 Å². The minimum atomic E-state index is -0.997. The van der Waals surface area contributed by atoms with Gasteiger partial charge in [0, 0.05) is 6.61 Å². The van der Waals surface area contributed by atoms with Crippen LogP contribution in [-0.2, 0) is 19.1 Å². The van der Waals surface area contributed by atoms with Crippen molar-refractivity contribution in [2.24, 2.45) is 0 Å². The summed E-state index contributed by atoms with van der Waals surface area (Å²) in [7, 11) is 0. The van der Waals surface area contributed by atoms with Gasteiger partial charge in [-0.2, -0.15) is 0 Å². The highest BCUT2D eigenvalue weighted by molar-refractivity contribution is 6.33. The molecule has 2 atom stereocenters. The van der Waals surface area contributed by atoms with Crippen LogP contribution < -0.4 is 5.32 Å². The Kier molecular flexibility index (Phi) is 5.14. The average molecular weight is 316 g/mol. The summed E-state index contributed by atoms with van der Waals surface area (Å²) in [6.07, 6.45) is -0.208. The van der Waals surface area contributed by atoms with Crippen molar-refractivity contribution < 1.29 is 23.5 Å². The Hall–Kier alpha value is -1.66. The summed E-state index contributed by atoms with van der Waals surface area (Å²) in [5.41, 5.74) is 0.253. The second-order valence-corrected chi connectivity index (χ2v) is 5.10. The van der Waals surface area contributed by atoms with Crippen molar-refractivity contribution in [3.05, 3.63) is 29.0 Å². The van der Waals surface area contributed by atoms with Gasteiger partial charge < -0.3 is 14.8 Å². The molecule has 1 fully saturated rings. The van der Waals surface area contributed by atoms with E-state index in [2.05, 4.69) is 5.32 Å². The van der Waals surface area contributed by atoms with E-state index < -0.39 is 29.9 Å². The van der Waals surface area contributed by atoms with Gasteiger partial charge in [0.15, 0.2) is 12.2 Å². The number of hydrogen-bond acceptors (Lipinski definition) is 4. The van der Waals surface area contributed by atoms with Crippen LogP contribution in [0.2, 0.25) is 5.02 Å². The standard InChI is InChI=1S/C14H15ClFNO4/c1-8(21-14(19)12-3-2-6-20-12)13(18)17-11-5-4-9(16)7-10(11)15/h4-5,7-8,12H,2-3,6H2,1H3,(H,17,18)/t8-,12-/m0/s1. The van der Waals surface area contributed by atoms with Crippen molar-refractivity contribution in [3.8, 4) is 0 Å². The topological polar surface area (TPSA) is 64.6 Å². The first-order valence-corrected chi connectivity index (χ1v) is 6.93. The summed E-state index contributed by atoms with van der Waals surface area (Å²) in [5, 5.41) is 2.55. The molecule has 0 bridgehead atoms. The Morgan fingerprint density at radius 2 is 2.29 bits per heavy atom. The summed E-state index contributed by atoms with van der Waals surface area (Å²) in [5.74, 6) is -1.61. The van der Waals surface area contributed by atoms with Gasteiger partial charge in [0.25, 0.3) is 5.91 Å². The Labute approximate surface area is 126 Å². The molecule has 0 aromatic heterocycles. The van der Waals surface area contributed by atoms with E-state index in [0.29, 0.717) is 13.0 Å². The molecule has 1 aliphatic heterocycles. The Morgan fingerprint density at radius 1 is 1.52 bits per heavy atom. The van der Waals surface area contributed by atoms with Crippen LogP contribution in [0.1, 0.15) is 19.8 Å². The molecule has 0 aliphatic carbocycles. The monoisotopic (exact) mass is 315 g/mol. The van der Waals surface area contributed by atoms with Crippen molar-refractivity contribution in [3.63, 3.8) is 0 Å². The molecule has 1 amide bonds. The summed E-state index contributed by atoms with van der Waals surface area (Å²) in [6.45, 7) is 1.96. The maximum Gasteiger partial charge on any atom is 0.336 e. The first kappa shape index (κ1) is 15.7. The number of amides is 1. The predicted octanol–water partition coefficient (Wildman–Crippen LogP) is 2.53. The van der Waals surface area contributed by atoms with Crippen LogP contribution in [0, 0.1) is 5.82 Å². The van der Waals surface area contributed by atoms with Gasteiger partial charge in [-0.3, -0.25) is 4.79 Å². The van der Waals surface area contributed by atoms with Crippen LogP contribution in [0.5, 0.6) is 0 Å². The summed E-state index contributed by atoms with van der Waals surface area (Å²) in [4.78, 5) is 23.6. The van der Waals surface area contributed by atoms with Gasteiger partial charge in [0.05, 0.1) is 10.7 Å². The molecule has 2 rings (SSSR count). The average Bonchev–Trinajstić information content (AvgIpc) is 2.95. The number of carbonyl (C=O) groups excluding carboxylic acids is 2. The SMILES string of the molecule is C[C@H](OC(=O)[C@@H]1CCCO1)C(=O)Nc1ccc(F)cc1Cl. The summed E-state index contributed by atoms with van der Waals surface area (Å²) < 4.78 is 23.1. The van der Waals surface area contributed by atoms with E-state index in [1.807, 2.05) is 0 Å². The molecule has 21 heavy (non-hydrogen) atoms. The molecule has 7 heteroatoms. The molecular weight excluding hydrogens is 301 g/mol. The number of nitrogens with one attached hydrogen (secondary N) is 1. The fourth-order valence-corrected chi connectivity index (χ4v) is 2.11. The highest BCUT2D eigenvalue weighted by Crippen LogP contribution is 2.22. The first-order chi connectivity index (χ1) is 9.97. The fourth-order valence-electron chi connectivity index (χ4n) is 1.89. The van der Waals surface area contributed by atoms with Crippen molar-refractivity contribution in [1.29, 1.82) is 0 Å². The molecule has 114 valence electrons. The minimum Gasteiger partial charge on any atom is -0.451 e. The third kappa shape index (κ3) is 4.15. The zero-order valence-electron chi connectivity index (χ0n) is 11.4. The molecule has 0 saturated carbocycles. The maximum atomic E-state index is 12.9. The largest absolute Gasteiger partial charge is 0.451 e. The normalized spacial score (nSPS) is 19.1. The second-order valence-electron chi connectivity index (χ2n) is 4.69. The second kappa shape index (κ2) is 6.87. The highest BCUT2D eigenvalue weighted by Gasteiger charge is 2.28. The Balaban J connectivity index is 1.91. The molecule has 0 radical (unpaired) electrons. The highest BCUT2D eigenvalue weighted by atomic mass is 35.5. The summed E-state index contributed by atoms with van der Waals surface area (Å²) in [6, 6.07) is 3.59. The zero-order valence-corrected chi connectivity index (χ0v) is 12.2. The lowest BCUT2D eigenvalue weighted by Crippen LogP contribution is -2.34. The van der Waals surface area contributed by atoms with Crippen molar-refractivity contribution >= 4 is 29.2 Å². The summed E-state index contributed by atoms with van der Waals surface area (Å²) >= 11 is 5.81. The Morgan fingerprint density at radius 3 is 2.90 bits per heavy atom. The van der Waals surface area contributed by atoms with Gasteiger partial charge in [-0.15, -0.1) is 0 Å². The molecule has 0 unspecified atom stereocenters. The molecule has 1 aromatic carbocycles. The third-order valence-corrected chi connectivity index (χ3v) is 3.36. The van der Waals surface area contributed by atoms with E-state index in [9.17, 15) is 14.0 Å². The van der Waals surface area contributed by atoms with Crippen LogP contribution in [0.3, 0.4) is 0 Å². The van der Waals surface area contributed by atoms with Crippen molar-refractivity contribution in [2.75, 3.05) is 11.9 Å². The van der Waals surface area contributed by atoms with Crippen molar-refractivity contribution in [1.82, 2.24) is 0 Å². The smallest absolute Gasteiger partial charge is 0.336 e. The number of hydrogen-bond donors (Lipinski definition) is 1. The number of halogens is 2. The minimum absolute atomic E-state index is 0.0704. The number of carbonyl (C=O) groups is 2. The molecular formula is C14H15ClFNO4. The van der Waals surface area contributed by atoms with Crippen LogP contribution in [0.15, 0.2) is 18.2 Å². The lowest BCUT2D eigenvalue weighted by atomic mass is 10.2. The molecule has 5 nitrogen and oxygen atoms in total. The lowest BCUT2D eigenvalue weighted by molar-refractivity contribution is -0.162. The predicted molar refractivity (Wildman–Crippen MR) is 74.6 cm³/mol. The fraction of sp³-hybridized carbons (Fsp3) is 0.429. The van der Waals surface area contributed by atoms with Gasteiger partial charge in [0.2, 0.25) is 0 Å². The number of esters is 1. The van der Waals surface area contributed by atoms with Gasteiger partial charge in [-0.1, -0.05) is 11.6 Å². The maximum absolute atomic E-state index is 12.9. The van der Waals surface area contributed by atoms with Crippen molar-refractivity contribution in [2.45, 2.75) is 32.0 Å². The lowest BCUT2D eigenvalue weighted by Gasteiger charge is -2.16. The number of benzene rings is 1. The molecule has 1 heterocycles. The molecule has 0 spiro atoms. The van der Waals surface area contributed by atoms with Gasteiger partial charge >= 0.3 is 5.97 Å². The van der Waals surface area contributed by atoms with E-state index in [-0.39, 0.29) is 10.7 Å². The Bertz CT molecular complexity index is 546. The quantitative estimate of drug-likeness (QED) is 0.867. The number of ether oxygens (including phenoxy) is 2. The number of rotatable bonds is 4. The van der Waals surface area contributed by atoms with Crippen LogP contribution >= 0.6 is 11.6 Å². The van der Waals surface area contributed by atoms with E-state index in [1.54, 1.807) is 0 Å². The molecule has 1 aliphatic rings. The molecule has 1 aromatic rings.